The van der Waals surface area contributed by atoms with E-state index < -0.39 is 6.10 Å². The Labute approximate surface area is 101 Å². The minimum atomic E-state index is -0.617. The fourth-order valence-electron chi connectivity index (χ4n) is 2.14. The Hall–Kier alpha value is -0.640. The zero-order valence-electron chi connectivity index (χ0n) is 9.40. The minimum Gasteiger partial charge on any atom is -0.387 e. The molecule has 0 saturated carbocycles. The van der Waals surface area contributed by atoms with Crippen molar-refractivity contribution < 1.29 is 9.50 Å². The van der Waals surface area contributed by atoms with Gasteiger partial charge in [0.15, 0.2) is 0 Å². The molecule has 2 nitrogen and oxygen atoms in total. The van der Waals surface area contributed by atoms with Crippen molar-refractivity contribution >= 4 is 12.4 Å². The summed E-state index contributed by atoms with van der Waals surface area (Å²) in [4.78, 5) is 0. The molecule has 0 spiro atoms. The third kappa shape index (κ3) is 2.73. The molecule has 0 unspecified atom stereocenters. The maximum Gasteiger partial charge on any atom is 0.123 e. The number of rotatable bonds is 2. The minimum absolute atomic E-state index is 0. The van der Waals surface area contributed by atoms with Gasteiger partial charge in [-0.25, -0.2) is 4.39 Å². The van der Waals surface area contributed by atoms with Gasteiger partial charge in [-0.2, -0.15) is 0 Å². The van der Waals surface area contributed by atoms with Gasteiger partial charge in [0.25, 0.3) is 0 Å². The van der Waals surface area contributed by atoms with Gasteiger partial charge in [-0.1, -0.05) is 12.1 Å². The van der Waals surface area contributed by atoms with Gasteiger partial charge in [0.2, 0.25) is 0 Å². The van der Waals surface area contributed by atoms with Gasteiger partial charge in [-0.05, 0) is 38.0 Å². The number of nitrogens with one attached hydrogen (secondary N) is 1. The van der Waals surface area contributed by atoms with Crippen LogP contribution in [0.25, 0.3) is 0 Å². The molecule has 0 radical (unpaired) electrons. The summed E-state index contributed by atoms with van der Waals surface area (Å²) in [6, 6.07) is 6.19. The van der Waals surface area contributed by atoms with Gasteiger partial charge in [0.1, 0.15) is 5.82 Å². The van der Waals surface area contributed by atoms with Gasteiger partial charge in [-0.3, -0.25) is 0 Å². The van der Waals surface area contributed by atoms with Crippen LogP contribution in [0.15, 0.2) is 24.3 Å². The predicted molar refractivity (Wildman–Crippen MR) is 64.2 cm³/mol. The standard InChI is InChI=1S/C12H16FNO.ClH/c1-12(2)7-10(14-12)11(15)8-4-3-5-9(13)6-8;/h3-6,10-11,14-15H,7H2,1-2H3;1H/t10-,11-;/m0./s1. The number of hydrogen-bond acceptors (Lipinski definition) is 2. The molecule has 4 heteroatoms. The Kier molecular flexibility index (Phi) is 3.94. The lowest BCUT2D eigenvalue weighted by molar-refractivity contribution is 0.0388. The Balaban J connectivity index is 0.00000128. The second kappa shape index (κ2) is 4.70. The van der Waals surface area contributed by atoms with E-state index in [1.54, 1.807) is 12.1 Å². The molecular formula is C12H17ClFNO. The SMILES string of the molecule is CC1(C)C[C@@H]([C@@H](O)c2cccc(F)c2)N1.Cl. The van der Waals surface area contributed by atoms with E-state index >= 15 is 0 Å². The molecule has 2 N–H and O–H groups in total. The fourth-order valence-corrected chi connectivity index (χ4v) is 2.14. The first-order chi connectivity index (χ1) is 6.98. The molecule has 2 atom stereocenters. The lowest BCUT2D eigenvalue weighted by Gasteiger charge is -2.46. The smallest absolute Gasteiger partial charge is 0.123 e. The maximum absolute atomic E-state index is 12.9. The summed E-state index contributed by atoms with van der Waals surface area (Å²) in [5.74, 6) is -0.301. The number of halogens is 2. The third-order valence-corrected chi connectivity index (χ3v) is 2.88. The Bertz CT molecular complexity index is 362. The molecular weight excluding hydrogens is 229 g/mol. The van der Waals surface area contributed by atoms with E-state index in [-0.39, 0.29) is 29.8 Å². The van der Waals surface area contributed by atoms with Crippen LogP contribution in [-0.4, -0.2) is 16.7 Å². The van der Waals surface area contributed by atoms with Crippen molar-refractivity contribution in [1.29, 1.82) is 0 Å². The van der Waals surface area contributed by atoms with Crippen molar-refractivity contribution in [1.82, 2.24) is 5.32 Å². The van der Waals surface area contributed by atoms with Crippen LogP contribution in [0.2, 0.25) is 0 Å². The molecule has 0 aliphatic carbocycles. The zero-order valence-corrected chi connectivity index (χ0v) is 10.2. The van der Waals surface area contributed by atoms with E-state index in [4.69, 9.17) is 0 Å². The molecule has 1 aliphatic rings. The maximum atomic E-state index is 12.9. The van der Waals surface area contributed by atoms with Gasteiger partial charge >= 0.3 is 0 Å². The molecule has 1 aromatic carbocycles. The summed E-state index contributed by atoms with van der Waals surface area (Å²) in [5.41, 5.74) is 0.738. The average molecular weight is 246 g/mol. The number of benzene rings is 1. The zero-order chi connectivity index (χ0) is 11.1. The molecule has 1 fully saturated rings. The molecule has 16 heavy (non-hydrogen) atoms. The van der Waals surface area contributed by atoms with E-state index in [1.807, 2.05) is 0 Å². The van der Waals surface area contributed by atoms with Crippen LogP contribution in [0.4, 0.5) is 4.39 Å². The van der Waals surface area contributed by atoms with E-state index in [1.165, 1.54) is 12.1 Å². The molecule has 90 valence electrons. The summed E-state index contributed by atoms with van der Waals surface area (Å²) in [5, 5.41) is 13.2. The lowest BCUT2D eigenvalue weighted by Crippen LogP contribution is -2.61. The highest BCUT2D eigenvalue weighted by atomic mass is 35.5. The molecule has 1 aromatic rings. The van der Waals surface area contributed by atoms with Gasteiger partial charge in [0.05, 0.1) is 6.10 Å². The second-order valence-corrected chi connectivity index (χ2v) is 4.84. The third-order valence-electron chi connectivity index (χ3n) is 2.88. The largest absolute Gasteiger partial charge is 0.387 e. The molecule has 0 aromatic heterocycles. The summed E-state index contributed by atoms with van der Waals surface area (Å²) in [7, 11) is 0. The van der Waals surface area contributed by atoms with Gasteiger partial charge in [-0.15, -0.1) is 12.4 Å². The van der Waals surface area contributed by atoms with Crippen LogP contribution in [-0.2, 0) is 0 Å². The summed E-state index contributed by atoms with van der Waals surface area (Å²) in [6.45, 7) is 4.17. The van der Waals surface area contributed by atoms with E-state index in [2.05, 4.69) is 19.2 Å². The quantitative estimate of drug-likeness (QED) is 0.839. The highest BCUT2D eigenvalue weighted by Gasteiger charge is 2.39. The highest BCUT2D eigenvalue weighted by molar-refractivity contribution is 5.85. The molecule has 0 bridgehead atoms. The number of aliphatic hydroxyl groups is 1. The fraction of sp³-hybridized carbons (Fsp3) is 0.500. The Morgan fingerprint density at radius 1 is 1.50 bits per heavy atom. The van der Waals surface area contributed by atoms with Crippen molar-refractivity contribution in [2.75, 3.05) is 0 Å². The van der Waals surface area contributed by atoms with Crippen molar-refractivity contribution in [3.8, 4) is 0 Å². The van der Waals surface area contributed by atoms with Crippen LogP contribution in [0.3, 0.4) is 0 Å². The highest BCUT2D eigenvalue weighted by Crippen LogP contribution is 2.32. The van der Waals surface area contributed by atoms with Crippen LogP contribution in [0.1, 0.15) is 31.9 Å². The normalized spacial score (nSPS) is 24.1. The Morgan fingerprint density at radius 2 is 2.12 bits per heavy atom. The van der Waals surface area contributed by atoms with Gasteiger partial charge in [0, 0.05) is 11.6 Å². The summed E-state index contributed by atoms with van der Waals surface area (Å²) >= 11 is 0. The Morgan fingerprint density at radius 3 is 2.62 bits per heavy atom. The first-order valence-corrected chi connectivity index (χ1v) is 5.19. The molecule has 1 aliphatic heterocycles. The van der Waals surface area contributed by atoms with Crippen LogP contribution in [0, 0.1) is 5.82 Å². The van der Waals surface area contributed by atoms with Crippen LogP contribution >= 0.6 is 12.4 Å². The monoisotopic (exact) mass is 245 g/mol. The first-order valence-electron chi connectivity index (χ1n) is 5.19. The second-order valence-electron chi connectivity index (χ2n) is 4.84. The average Bonchev–Trinajstić information content (AvgIpc) is 2.13. The van der Waals surface area contributed by atoms with Crippen LogP contribution < -0.4 is 5.32 Å². The predicted octanol–water partition coefficient (Wildman–Crippen LogP) is 2.42. The van der Waals surface area contributed by atoms with Crippen molar-refractivity contribution in [3.05, 3.63) is 35.6 Å². The van der Waals surface area contributed by atoms with E-state index in [0.717, 1.165) is 6.42 Å². The van der Waals surface area contributed by atoms with Crippen molar-refractivity contribution in [2.45, 2.75) is 38.0 Å². The topological polar surface area (TPSA) is 32.3 Å². The molecule has 2 rings (SSSR count). The van der Waals surface area contributed by atoms with Crippen LogP contribution in [0.5, 0.6) is 0 Å². The van der Waals surface area contributed by atoms with Crippen molar-refractivity contribution in [3.63, 3.8) is 0 Å². The summed E-state index contributed by atoms with van der Waals surface area (Å²) in [6.07, 6.45) is 0.290. The summed E-state index contributed by atoms with van der Waals surface area (Å²) < 4.78 is 12.9. The lowest BCUT2D eigenvalue weighted by atomic mass is 9.80. The van der Waals surface area contributed by atoms with E-state index in [9.17, 15) is 9.50 Å². The van der Waals surface area contributed by atoms with Gasteiger partial charge < -0.3 is 10.4 Å². The molecule has 0 amide bonds. The molecule has 1 saturated heterocycles. The van der Waals surface area contributed by atoms with E-state index in [0.29, 0.717) is 5.56 Å². The molecule has 1 heterocycles. The number of hydrogen-bond donors (Lipinski definition) is 2. The van der Waals surface area contributed by atoms with Crippen molar-refractivity contribution in [2.24, 2.45) is 0 Å². The first kappa shape index (κ1) is 13.4. The number of aliphatic hydroxyl groups excluding tert-OH is 1.